The smallest absolute Gasteiger partial charge is 0.489 e. The normalized spacial score (nSPS) is 14.7. The van der Waals surface area contributed by atoms with Gasteiger partial charge < -0.3 is 19.7 Å². The molecule has 0 saturated heterocycles. The lowest BCUT2D eigenvalue weighted by atomic mass is 10.1. The van der Waals surface area contributed by atoms with E-state index in [-0.39, 0.29) is 23.7 Å². The molecular formula is C29H22F3N5O3S. The number of alkyl halides is 3. The summed E-state index contributed by atoms with van der Waals surface area (Å²) in [5.41, 5.74) is 2.21. The minimum atomic E-state index is -4.83. The van der Waals surface area contributed by atoms with Gasteiger partial charge in [-0.05, 0) is 35.9 Å². The molecule has 4 aromatic rings. The fourth-order valence-corrected chi connectivity index (χ4v) is 4.32. The number of anilines is 1. The number of H-pyrrole nitrogens is 1. The Labute approximate surface area is 238 Å². The molecule has 0 saturated carbocycles. The molecule has 1 aliphatic rings. The van der Waals surface area contributed by atoms with Crippen molar-refractivity contribution in [2.75, 3.05) is 18.6 Å². The van der Waals surface area contributed by atoms with Crippen LogP contribution in [-0.2, 0) is 6.42 Å². The van der Waals surface area contributed by atoms with Crippen LogP contribution in [0, 0.1) is 11.8 Å². The Balaban J connectivity index is 1.28. The highest BCUT2D eigenvalue weighted by molar-refractivity contribution is 7.80. The summed E-state index contributed by atoms with van der Waals surface area (Å²) in [7, 11) is 1.73. The zero-order valence-corrected chi connectivity index (χ0v) is 22.3. The highest BCUT2D eigenvalue weighted by Gasteiger charge is 2.32. The van der Waals surface area contributed by atoms with Gasteiger partial charge in [0.1, 0.15) is 35.0 Å². The van der Waals surface area contributed by atoms with Crippen LogP contribution in [0.25, 0.3) is 0 Å². The summed E-state index contributed by atoms with van der Waals surface area (Å²) in [6.07, 6.45) is -4.34. The van der Waals surface area contributed by atoms with Crippen molar-refractivity contribution in [2.45, 2.75) is 18.8 Å². The summed E-state index contributed by atoms with van der Waals surface area (Å²) < 4.78 is 48.2. The number of para-hydroxylation sites is 1. The monoisotopic (exact) mass is 577 g/mol. The number of rotatable bonds is 5. The van der Waals surface area contributed by atoms with Crippen LogP contribution in [0.2, 0.25) is 0 Å². The average molecular weight is 578 g/mol. The lowest BCUT2D eigenvalue weighted by Gasteiger charge is -2.23. The Morgan fingerprint density at radius 2 is 1.90 bits per heavy atom. The molecule has 0 radical (unpaired) electrons. The number of aromatic nitrogens is 3. The second kappa shape index (κ2) is 11.7. The maximum Gasteiger partial charge on any atom is 0.573 e. The molecule has 0 bridgehead atoms. The van der Waals surface area contributed by atoms with E-state index in [2.05, 4.69) is 37.1 Å². The Morgan fingerprint density at radius 1 is 1.15 bits per heavy atom. The molecule has 0 spiro atoms. The van der Waals surface area contributed by atoms with Gasteiger partial charge in [0.15, 0.2) is 0 Å². The third-order valence-corrected chi connectivity index (χ3v) is 6.62. The standard InChI is InChI=1S/C29H22F3N5O3S/c1-37-22-15-19(11-13-20-9-5-6-10-23(20)40-29(30,31)32)12-14-24(22)39-17-21(28(37)41)33-27(38)26-34-25(35-36-26)16-18-7-3-2-4-8-18/h2-10,12,14-15,21H,16-17H2,1H3,(H,33,38)(H,34,35,36)/t21-/m0/s1. The molecule has 1 aromatic heterocycles. The number of likely N-dealkylation sites (N-methyl/N-ethyl adjacent to an activating group) is 1. The molecule has 0 aliphatic carbocycles. The first kappa shape index (κ1) is 27.7. The van der Waals surface area contributed by atoms with Gasteiger partial charge in [-0.15, -0.1) is 18.3 Å². The summed E-state index contributed by atoms with van der Waals surface area (Å²) in [6.45, 7) is 0.0659. The van der Waals surface area contributed by atoms with E-state index in [4.69, 9.17) is 17.0 Å². The van der Waals surface area contributed by atoms with Gasteiger partial charge in [0.2, 0.25) is 5.82 Å². The fourth-order valence-electron chi connectivity index (χ4n) is 4.09. The number of nitrogens with one attached hydrogen (secondary N) is 2. The van der Waals surface area contributed by atoms with Gasteiger partial charge in [0, 0.05) is 19.0 Å². The van der Waals surface area contributed by atoms with Crippen molar-refractivity contribution >= 4 is 28.8 Å². The largest absolute Gasteiger partial charge is 0.573 e. The number of nitrogens with zero attached hydrogens (tertiary/aromatic N) is 3. The van der Waals surface area contributed by atoms with Crippen LogP contribution in [0.1, 0.15) is 33.1 Å². The number of hydrogen-bond donors (Lipinski definition) is 2. The van der Waals surface area contributed by atoms with Gasteiger partial charge in [-0.25, -0.2) is 4.98 Å². The summed E-state index contributed by atoms with van der Waals surface area (Å²) in [6, 6.07) is 19.7. The van der Waals surface area contributed by atoms with Crippen molar-refractivity contribution in [1.29, 1.82) is 0 Å². The van der Waals surface area contributed by atoms with Gasteiger partial charge in [-0.1, -0.05) is 66.5 Å². The van der Waals surface area contributed by atoms with Gasteiger partial charge in [-0.3, -0.25) is 9.89 Å². The Hall–Kier alpha value is -4.89. The van der Waals surface area contributed by atoms with Crippen molar-refractivity contribution < 1.29 is 27.4 Å². The highest BCUT2D eigenvalue weighted by Crippen LogP contribution is 2.32. The molecule has 41 heavy (non-hydrogen) atoms. The van der Waals surface area contributed by atoms with Crippen LogP contribution in [0.15, 0.2) is 72.8 Å². The van der Waals surface area contributed by atoms with Crippen LogP contribution in [0.5, 0.6) is 11.5 Å². The topological polar surface area (TPSA) is 92.4 Å². The number of hydrogen-bond acceptors (Lipinski definition) is 6. The average Bonchev–Trinajstić information content (AvgIpc) is 3.38. The number of carbonyl (C=O) groups excluding carboxylic acids is 1. The predicted molar refractivity (Wildman–Crippen MR) is 149 cm³/mol. The van der Waals surface area contributed by atoms with Crippen LogP contribution in [0.4, 0.5) is 18.9 Å². The summed E-state index contributed by atoms with van der Waals surface area (Å²) >= 11 is 5.65. The number of fused-ring (bicyclic) bond motifs is 1. The lowest BCUT2D eigenvalue weighted by Crippen LogP contribution is -2.48. The van der Waals surface area contributed by atoms with Gasteiger partial charge in [-0.2, -0.15) is 0 Å². The Morgan fingerprint density at radius 3 is 2.68 bits per heavy atom. The molecule has 0 unspecified atom stereocenters. The first-order valence-corrected chi connectivity index (χ1v) is 12.7. The minimum Gasteiger partial charge on any atom is -0.489 e. The maximum absolute atomic E-state index is 12.9. The van der Waals surface area contributed by atoms with E-state index >= 15 is 0 Å². The molecule has 208 valence electrons. The molecule has 0 fully saturated rings. The Kier molecular flexibility index (Phi) is 7.89. The van der Waals surface area contributed by atoms with Gasteiger partial charge in [0.05, 0.1) is 11.3 Å². The van der Waals surface area contributed by atoms with E-state index in [9.17, 15) is 18.0 Å². The SMILES string of the molecule is CN1C(=S)[C@@H](NC(=O)c2n[nH]c(Cc3ccccc3)n2)COc2ccc(C#Cc3ccccc3OC(F)(F)F)cc21. The number of benzene rings is 3. The van der Waals surface area contributed by atoms with E-state index in [0.29, 0.717) is 34.2 Å². The van der Waals surface area contributed by atoms with Crippen molar-refractivity contribution in [2.24, 2.45) is 0 Å². The quantitative estimate of drug-likeness (QED) is 0.264. The van der Waals surface area contributed by atoms with E-state index in [1.54, 1.807) is 36.2 Å². The summed E-state index contributed by atoms with van der Waals surface area (Å²) in [5, 5.41) is 9.65. The molecule has 1 amide bonds. The minimum absolute atomic E-state index is 0.0181. The van der Waals surface area contributed by atoms with E-state index in [1.807, 2.05) is 30.3 Å². The van der Waals surface area contributed by atoms with Crippen LogP contribution in [0.3, 0.4) is 0 Å². The Bertz CT molecular complexity index is 1650. The lowest BCUT2D eigenvalue weighted by molar-refractivity contribution is -0.274. The van der Waals surface area contributed by atoms with Crippen molar-refractivity contribution in [3.63, 3.8) is 0 Å². The predicted octanol–water partition coefficient (Wildman–Crippen LogP) is 4.65. The molecule has 3 aromatic carbocycles. The first-order chi connectivity index (χ1) is 19.7. The molecule has 2 heterocycles. The number of carbonyl (C=O) groups is 1. The fraction of sp³-hybridized carbons (Fsp3) is 0.172. The molecule has 12 heteroatoms. The zero-order valence-electron chi connectivity index (χ0n) is 21.5. The van der Waals surface area contributed by atoms with Crippen LogP contribution < -0.4 is 19.7 Å². The number of amides is 1. The second-order valence-corrected chi connectivity index (χ2v) is 9.40. The number of aromatic amines is 1. The number of halogens is 3. The van der Waals surface area contributed by atoms with Crippen molar-refractivity contribution in [3.8, 4) is 23.3 Å². The first-order valence-electron chi connectivity index (χ1n) is 12.3. The molecule has 1 atom stereocenters. The number of thiocarbonyl (C=S) groups is 1. The van der Waals surface area contributed by atoms with Crippen molar-refractivity contribution in [3.05, 3.63) is 101 Å². The zero-order chi connectivity index (χ0) is 29.0. The van der Waals surface area contributed by atoms with Gasteiger partial charge in [0.25, 0.3) is 5.91 Å². The molecule has 5 rings (SSSR count). The van der Waals surface area contributed by atoms with Crippen LogP contribution in [-0.4, -0.2) is 52.1 Å². The summed E-state index contributed by atoms with van der Waals surface area (Å²) in [5.74, 6) is 5.73. The molecular weight excluding hydrogens is 555 g/mol. The third kappa shape index (κ3) is 6.82. The summed E-state index contributed by atoms with van der Waals surface area (Å²) in [4.78, 5) is 19.3. The van der Waals surface area contributed by atoms with Crippen LogP contribution >= 0.6 is 12.2 Å². The maximum atomic E-state index is 12.9. The molecule has 1 aliphatic heterocycles. The van der Waals surface area contributed by atoms with E-state index < -0.39 is 18.3 Å². The number of ether oxygens (including phenoxy) is 2. The van der Waals surface area contributed by atoms with Crippen molar-refractivity contribution in [1.82, 2.24) is 20.5 Å². The molecule has 2 N–H and O–H groups in total. The van der Waals surface area contributed by atoms with E-state index in [1.165, 1.54) is 18.2 Å². The van der Waals surface area contributed by atoms with Gasteiger partial charge >= 0.3 is 6.36 Å². The second-order valence-electron chi connectivity index (χ2n) is 8.98. The highest BCUT2D eigenvalue weighted by atomic mass is 32.1. The van der Waals surface area contributed by atoms with E-state index in [0.717, 1.165) is 5.56 Å². The molecule has 8 nitrogen and oxygen atoms in total. The third-order valence-electron chi connectivity index (χ3n) is 6.06.